The van der Waals surface area contributed by atoms with Crippen LogP contribution in [0.3, 0.4) is 0 Å². The lowest BCUT2D eigenvalue weighted by molar-refractivity contribution is 0.311. The van der Waals surface area contributed by atoms with Crippen molar-refractivity contribution in [2.75, 3.05) is 23.8 Å². The van der Waals surface area contributed by atoms with Gasteiger partial charge in [-0.05, 0) is 12.1 Å². The molecule has 0 bridgehead atoms. The van der Waals surface area contributed by atoms with E-state index in [0.717, 1.165) is 11.3 Å². The minimum atomic E-state index is 0.0477. The number of benzene rings is 2. The molecule has 0 amide bonds. The van der Waals surface area contributed by atoms with E-state index >= 15 is 0 Å². The first kappa shape index (κ1) is 15.0. The zero-order chi connectivity index (χ0) is 15.9. The van der Waals surface area contributed by atoms with Crippen LogP contribution in [0.15, 0.2) is 66.7 Å². The zero-order valence-corrected chi connectivity index (χ0v) is 12.6. The molecule has 0 atom stereocenters. The fraction of sp³-hybridized carbons (Fsp3) is 0.111. The molecule has 116 valence electrons. The molecule has 3 aromatic rings. The first-order chi connectivity index (χ1) is 11.3. The molecule has 23 heavy (non-hydrogen) atoms. The van der Waals surface area contributed by atoms with E-state index in [1.165, 1.54) is 0 Å². The Hall–Kier alpha value is -2.92. The highest BCUT2D eigenvalue weighted by atomic mass is 16.3. The Labute approximate surface area is 135 Å². The van der Waals surface area contributed by atoms with E-state index < -0.39 is 0 Å². The van der Waals surface area contributed by atoms with Crippen molar-refractivity contribution in [3.05, 3.63) is 66.7 Å². The summed E-state index contributed by atoms with van der Waals surface area (Å²) >= 11 is 0. The Bertz CT molecular complexity index is 747. The van der Waals surface area contributed by atoms with Crippen LogP contribution < -0.4 is 10.6 Å². The molecule has 2 aromatic carbocycles. The first-order valence-corrected chi connectivity index (χ1v) is 7.46. The number of rotatable bonds is 6. The summed E-state index contributed by atoms with van der Waals surface area (Å²) in [7, 11) is 0. The second kappa shape index (κ2) is 7.38. The summed E-state index contributed by atoms with van der Waals surface area (Å²) in [5.41, 5.74) is 1.90. The van der Waals surface area contributed by atoms with Gasteiger partial charge in [-0.3, -0.25) is 0 Å². The van der Waals surface area contributed by atoms with Gasteiger partial charge >= 0.3 is 0 Å². The minimum absolute atomic E-state index is 0.0477. The van der Waals surface area contributed by atoms with Crippen LogP contribution in [0.5, 0.6) is 0 Å². The van der Waals surface area contributed by atoms with E-state index in [0.29, 0.717) is 24.0 Å². The van der Waals surface area contributed by atoms with Crippen LogP contribution in [0, 0.1) is 0 Å². The summed E-state index contributed by atoms with van der Waals surface area (Å²) in [5.74, 6) is 2.00. The molecule has 0 unspecified atom stereocenters. The van der Waals surface area contributed by atoms with Gasteiger partial charge in [0.2, 0.25) is 0 Å². The Morgan fingerprint density at radius 3 is 2.17 bits per heavy atom. The number of para-hydroxylation sites is 1. The number of aromatic nitrogens is 2. The lowest BCUT2D eigenvalue weighted by atomic mass is 10.2. The SMILES string of the molecule is OCCNc1cc(Nc2ccccc2)nc(-c2ccccc2)n1. The van der Waals surface area contributed by atoms with E-state index in [-0.39, 0.29) is 6.61 Å². The molecule has 0 aliphatic rings. The van der Waals surface area contributed by atoms with E-state index in [1.807, 2.05) is 66.7 Å². The Kier molecular flexibility index (Phi) is 4.81. The highest BCUT2D eigenvalue weighted by Gasteiger charge is 2.07. The molecular formula is C18H18N4O. The highest BCUT2D eigenvalue weighted by molar-refractivity contribution is 5.65. The zero-order valence-electron chi connectivity index (χ0n) is 12.6. The van der Waals surface area contributed by atoms with Crippen LogP contribution in [0.1, 0.15) is 0 Å². The van der Waals surface area contributed by atoms with Crippen molar-refractivity contribution >= 4 is 17.3 Å². The number of hydrogen-bond donors (Lipinski definition) is 3. The van der Waals surface area contributed by atoms with Gasteiger partial charge in [0.05, 0.1) is 6.61 Å². The summed E-state index contributed by atoms with van der Waals surface area (Å²) in [6.07, 6.45) is 0. The summed E-state index contributed by atoms with van der Waals surface area (Å²) in [6, 6.07) is 21.5. The third kappa shape index (κ3) is 4.05. The normalized spacial score (nSPS) is 10.3. The number of aliphatic hydroxyl groups excluding tert-OH is 1. The third-order valence-corrected chi connectivity index (χ3v) is 3.22. The second-order valence-corrected chi connectivity index (χ2v) is 4.97. The molecule has 5 nitrogen and oxygen atoms in total. The molecule has 0 spiro atoms. The molecule has 0 aliphatic carbocycles. The van der Waals surface area contributed by atoms with Crippen LogP contribution >= 0.6 is 0 Å². The average molecular weight is 306 g/mol. The van der Waals surface area contributed by atoms with Gasteiger partial charge in [-0.25, -0.2) is 9.97 Å². The third-order valence-electron chi connectivity index (χ3n) is 3.22. The van der Waals surface area contributed by atoms with Crippen LogP contribution in [-0.2, 0) is 0 Å². The maximum absolute atomic E-state index is 9.00. The van der Waals surface area contributed by atoms with Crippen LogP contribution in [0.4, 0.5) is 17.3 Å². The molecule has 1 aromatic heterocycles. The second-order valence-electron chi connectivity index (χ2n) is 4.97. The number of anilines is 3. The topological polar surface area (TPSA) is 70.1 Å². The van der Waals surface area contributed by atoms with E-state index in [4.69, 9.17) is 5.11 Å². The molecule has 5 heteroatoms. The van der Waals surface area contributed by atoms with Gasteiger partial charge in [-0.1, -0.05) is 48.5 Å². The molecule has 0 radical (unpaired) electrons. The lowest BCUT2D eigenvalue weighted by Gasteiger charge is -2.11. The fourth-order valence-corrected chi connectivity index (χ4v) is 2.17. The Morgan fingerprint density at radius 1 is 0.826 bits per heavy atom. The maximum Gasteiger partial charge on any atom is 0.163 e. The Morgan fingerprint density at radius 2 is 1.48 bits per heavy atom. The van der Waals surface area contributed by atoms with Crippen molar-refractivity contribution in [2.24, 2.45) is 0 Å². The molecule has 3 rings (SSSR count). The van der Waals surface area contributed by atoms with Crippen molar-refractivity contribution in [3.8, 4) is 11.4 Å². The molecule has 3 N–H and O–H groups in total. The predicted octanol–water partition coefficient (Wildman–Crippen LogP) is 3.29. The van der Waals surface area contributed by atoms with Gasteiger partial charge < -0.3 is 15.7 Å². The van der Waals surface area contributed by atoms with Gasteiger partial charge in [0.15, 0.2) is 5.82 Å². The van der Waals surface area contributed by atoms with Crippen molar-refractivity contribution in [3.63, 3.8) is 0 Å². The number of nitrogens with one attached hydrogen (secondary N) is 2. The van der Waals surface area contributed by atoms with Crippen LogP contribution in [0.2, 0.25) is 0 Å². The fourth-order valence-electron chi connectivity index (χ4n) is 2.17. The van der Waals surface area contributed by atoms with Crippen molar-refractivity contribution in [1.82, 2.24) is 9.97 Å². The monoisotopic (exact) mass is 306 g/mol. The molecule has 1 heterocycles. The van der Waals surface area contributed by atoms with Crippen molar-refractivity contribution in [1.29, 1.82) is 0 Å². The first-order valence-electron chi connectivity index (χ1n) is 7.46. The minimum Gasteiger partial charge on any atom is -0.395 e. The maximum atomic E-state index is 9.00. The molecule has 0 saturated heterocycles. The molecule has 0 aliphatic heterocycles. The smallest absolute Gasteiger partial charge is 0.163 e. The van der Waals surface area contributed by atoms with Gasteiger partial charge in [0, 0.05) is 23.9 Å². The molecule has 0 fully saturated rings. The van der Waals surface area contributed by atoms with Gasteiger partial charge in [-0.15, -0.1) is 0 Å². The summed E-state index contributed by atoms with van der Waals surface area (Å²) < 4.78 is 0. The van der Waals surface area contributed by atoms with Crippen molar-refractivity contribution < 1.29 is 5.11 Å². The number of hydrogen-bond acceptors (Lipinski definition) is 5. The van der Waals surface area contributed by atoms with Gasteiger partial charge in [0.25, 0.3) is 0 Å². The van der Waals surface area contributed by atoms with Crippen LogP contribution in [-0.4, -0.2) is 28.2 Å². The van der Waals surface area contributed by atoms with E-state index in [9.17, 15) is 0 Å². The summed E-state index contributed by atoms with van der Waals surface area (Å²) in [5, 5.41) is 15.4. The number of aliphatic hydroxyl groups is 1. The largest absolute Gasteiger partial charge is 0.395 e. The molecule has 0 saturated carbocycles. The summed E-state index contributed by atoms with van der Waals surface area (Å²) in [6.45, 7) is 0.488. The van der Waals surface area contributed by atoms with E-state index in [2.05, 4.69) is 20.6 Å². The van der Waals surface area contributed by atoms with Crippen molar-refractivity contribution in [2.45, 2.75) is 0 Å². The van der Waals surface area contributed by atoms with E-state index in [1.54, 1.807) is 0 Å². The Balaban J connectivity index is 1.94. The molecular weight excluding hydrogens is 288 g/mol. The highest BCUT2D eigenvalue weighted by Crippen LogP contribution is 2.22. The lowest BCUT2D eigenvalue weighted by Crippen LogP contribution is -2.09. The number of nitrogens with zero attached hydrogens (tertiary/aromatic N) is 2. The average Bonchev–Trinajstić information content (AvgIpc) is 2.61. The summed E-state index contributed by atoms with van der Waals surface area (Å²) in [4.78, 5) is 9.09. The van der Waals surface area contributed by atoms with Gasteiger partial charge in [-0.2, -0.15) is 0 Å². The van der Waals surface area contributed by atoms with Gasteiger partial charge in [0.1, 0.15) is 11.6 Å². The van der Waals surface area contributed by atoms with Crippen LogP contribution in [0.25, 0.3) is 11.4 Å². The standard InChI is InChI=1S/C18H18N4O/c23-12-11-19-16-13-17(20-15-9-5-2-6-10-15)22-18(21-16)14-7-3-1-4-8-14/h1-10,13,23H,11-12H2,(H2,19,20,21,22). The quantitative estimate of drug-likeness (QED) is 0.652. The predicted molar refractivity (Wildman–Crippen MR) is 92.8 cm³/mol.